The first kappa shape index (κ1) is 16.5. The summed E-state index contributed by atoms with van der Waals surface area (Å²) in [5, 5.41) is 7.24. The second-order valence-electron chi connectivity index (χ2n) is 5.34. The van der Waals surface area contributed by atoms with Gasteiger partial charge in [0.25, 0.3) is 5.91 Å². The van der Waals surface area contributed by atoms with E-state index in [-0.39, 0.29) is 24.4 Å². The molecular weight excluding hydrogens is 302 g/mol. The molecule has 1 amide bonds. The third-order valence-electron chi connectivity index (χ3n) is 3.86. The predicted octanol–water partition coefficient (Wildman–Crippen LogP) is 2.07. The number of pyridine rings is 1. The third-order valence-corrected chi connectivity index (χ3v) is 3.86. The molecule has 6 heteroatoms. The van der Waals surface area contributed by atoms with Crippen LogP contribution >= 0.6 is 12.4 Å². The van der Waals surface area contributed by atoms with Gasteiger partial charge in [0.05, 0.1) is 23.9 Å². The molecule has 1 aromatic heterocycles. The SMILES string of the molecule is COc1ccc2cc(C(=O)NC3CCNC3)c(C)nc2c1.Cl. The van der Waals surface area contributed by atoms with Crippen LogP contribution in [0, 0.1) is 6.92 Å². The summed E-state index contributed by atoms with van der Waals surface area (Å²) in [6, 6.07) is 7.79. The van der Waals surface area contributed by atoms with Crippen LogP contribution in [0.3, 0.4) is 0 Å². The van der Waals surface area contributed by atoms with E-state index in [0.717, 1.165) is 41.9 Å². The number of halogens is 1. The number of nitrogens with one attached hydrogen (secondary N) is 2. The van der Waals surface area contributed by atoms with Gasteiger partial charge in [-0.25, -0.2) is 0 Å². The van der Waals surface area contributed by atoms with Crippen LogP contribution in [0.15, 0.2) is 24.3 Å². The Morgan fingerprint density at radius 3 is 2.91 bits per heavy atom. The van der Waals surface area contributed by atoms with Gasteiger partial charge in [0, 0.05) is 24.0 Å². The maximum absolute atomic E-state index is 12.4. The van der Waals surface area contributed by atoms with Gasteiger partial charge in [-0.1, -0.05) is 0 Å². The van der Waals surface area contributed by atoms with Crippen LogP contribution < -0.4 is 15.4 Å². The first-order valence-corrected chi connectivity index (χ1v) is 7.14. The summed E-state index contributed by atoms with van der Waals surface area (Å²) in [6.45, 7) is 3.66. The topological polar surface area (TPSA) is 63.2 Å². The van der Waals surface area contributed by atoms with Gasteiger partial charge in [-0.05, 0) is 38.1 Å². The number of methoxy groups -OCH3 is 1. The van der Waals surface area contributed by atoms with Gasteiger partial charge in [0.1, 0.15) is 5.75 Å². The third kappa shape index (κ3) is 3.31. The Morgan fingerprint density at radius 1 is 1.41 bits per heavy atom. The van der Waals surface area contributed by atoms with Crippen LogP contribution in [0.25, 0.3) is 10.9 Å². The van der Waals surface area contributed by atoms with Crippen LogP contribution in [0.1, 0.15) is 22.5 Å². The Morgan fingerprint density at radius 2 is 2.23 bits per heavy atom. The molecule has 1 aliphatic heterocycles. The zero-order chi connectivity index (χ0) is 14.8. The fraction of sp³-hybridized carbons (Fsp3) is 0.375. The van der Waals surface area contributed by atoms with E-state index in [2.05, 4.69) is 15.6 Å². The minimum atomic E-state index is -0.0496. The molecule has 1 aromatic carbocycles. The van der Waals surface area contributed by atoms with Crippen LogP contribution in [0.4, 0.5) is 0 Å². The van der Waals surface area contributed by atoms with E-state index in [1.807, 2.05) is 31.2 Å². The lowest BCUT2D eigenvalue weighted by atomic mass is 10.1. The maximum atomic E-state index is 12.4. The van der Waals surface area contributed by atoms with Crippen LogP contribution in [0.5, 0.6) is 5.75 Å². The normalized spacial score (nSPS) is 17.1. The lowest BCUT2D eigenvalue weighted by Gasteiger charge is -2.13. The molecule has 3 rings (SSSR count). The highest BCUT2D eigenvalue weighted by Gasteiger charge is 2.19. The molecule has 0 bridgehead atoms. The molecule has 22 heavy (non-hydrogen) atoms. The zero-order valence-electron chi connectivity index (χ0n) is 12.7. The minimum Gasteiger partial charge on any atom is -0.497 e. The van der Waals surface area contributed by atoms with Crippen LogP contribution in [-0.2, 0) is 0 Å². The molecule has 5 nitrogen and oxygen atoms in total. The number of carbonyl (C=O) groups is 1. The molecule has 118 valence electrons. The summed E-state index contributed by atoms with van der Waals surface area (Å²) in [7, 11) is 1.63. The Labute approximate surface area is 135 Å². The number of carbonyl (C=O) groups excluding carboxylic acids is 1. The number of amides is 1. The highest BCUT2D eigenvalue weighted by atomic mass is 35.5. The average molecular weight is 322 g/mol. The van der Waals surface area contributed by atoms with Crippen molar-refractivity contribution in [3.8, 4) is 5.75 Å². The Kier molecular flexibility index (Phi) is 5.21. The van der Waals surface area contributed by atoms with Crippen molar-refractivity contribution in [1.29, 1.82) is 0 Å². The molecule has 0 aliphatic carbocycles. The molecule has 0 saturated carbocycles. The van der Waals surface area contributed by atoms with Gasteiger partial charge >= 0.3 is 0 Å². The summed E-state index contributed by atoms with van der Waals surface area (Å²) in [6.07, 6.45) is 0.975. The molecule has 2 heterocycles. The van der Waals surface area contributed by atoms with Gasteiger partial charge in [-0.3, -0.25) is 9.78 Å². The molecule has 1 atom stereocenters. The lowest BCUT2D eigenvalue weighted by molar-refractivity contribution is 0.0939. The number of rotatable bonds is 3. The first-order chi connectivity index (χ1) is 10.2. The number of nitrogens with zero attached hydrogens (tertiary/aromatic N) is 1. The second-order valence-corrected chi connectivity index (χ2v) is 5.34. The van der Waals surface area contributed by atoms with Gasteiger partial charge < -0.3 is 15.4 Å². The molecule has 0 radical (unpaired) electrons. The van der Waals surface area contributed by atoms with Crippen LogP contribution in [-0.4, -0.2) is 37.1 Å². The number of aromatic nitrogens is 1. The van der Waals surface area contributed by atoms with E-state index in [0.29, 0.717) is 5.56 Å². The van der Waals surface area contributed by atoms with Crippen molar-refractivity contribution in [3.05, 3.63) is 35.5 Å². The van der Waals surface area contributed by atoms with E-state index in [1.54, 1.807) is 7.11 Å². The molecule has 0 spiro atoms. The van der Waals surface area contributed by atoms with Crippen molar-refractivity contribution < 1.29 is 9.53 Å². The van der Waals surface area contributed by atoms with Gasteiger partial charge in [-0.15, -0.1) is 12.4 Å². The van der Waals surface area contributed by atoms with E-state index in [4.69, 9.17) is 4.74 Å². The summed E-state index contributed by atoms with van der Waals surface area (Å²) >= 11 is 0. The van der Waals surface area contributed by atoms with Crippen molar-refractivity contribution in [3.63, 3.8) is 0 Å². The highest BCUT2D eigenvalue weighted by Crippen LogP contribution is 2.21. The summed E-state index contributed by atoms with van der Waals surface area (Å²) in [5.41, 5.74) is 2.21. The van der Waals surface area contributed by atoms with Crippen molar-refractivity contribution in [2.45, 2.75) is 19.4 Å². The van der Waals surface area contributed by atoms with Crippen molar-refractivity contribution >= 4 is 29.2 Å². The van der Waals surface area contributed by atoms with Crippen molar-refractivity contribution in [1.82, 2.24) is 15.6 Å². The van der Waals surface area contributed by atoms with Crippen molar-refractivity contribution in [2.24, 2.45) is 0 Å². The van der Waals surface area contributed by atoms with Crippen molar-refractivity contribution in [2.75, 3.05) is 20.2 Å². The van der Waals surface area contributed by atoms with E-state index in [9.17, 15) is 4.79 Å². The minimum absolute atomic E-state index is 0. The summed E-state index contributed by atoms with van der Waals surface area (Å²) in [4.78, 5) is 16.9. The number of ether oxygens (including phenoxy) is 1. The smallest absolute Gasteiger partial charge is 0.253 e. The maximum Gasteiger partial charge on any atom is 0.253 e. The molecule has 2 N–H and O–H groups in total. The van der Waals surface area contributed by atoms with E-state index in [1.165, 1.54) is 0 Å². The number of hydrogen-bond acceptors (Lipinski definition) is 4. The standard InChI is InChI=1S/C16H19N3O2.ClH/c1-10-14(16(20)19-12-5-6-17-9-12)7-11-3-4-13(21-2)8-15(11)18-10;/h3-4,7-8,12,17H,5-6,9H2,1-2H3,(H,19,20);1H. The molecular formula is C16H20ClN3O2. The summed E-state index contributed by atoms with van der Waals surface area (Å²) in [5.74, 6) is 0.718. The first-order valence-electron chi connectivity index (χ1n) is 7.14. The van der Waals surface area contributed by atoms with Crippen LogP contribution in [0.2, 0.25) is 0 Å². The number of benzene rings is 1. The Hall–Kier alpha value is -1.85. The summed E-state index contributed by atoms with van der Waals surface area (Å²) < 4.78 is 5.20. The van der Waals surface area contributed by atoms with Gasteiger partial charge in [0.2, 0.25) is 0 Å². The average Bonchev–Trinajstić information content (AvgIpc) is 2.98. The number of aryl methyl sites for hydroxylation is 1. The molecule has 1 fully saturated rings. The highest BCUT2D eigenvalue weighted by molar-refractivity contribution is 5.99. The molecule has 2 aromatic rings. The fourth-order valence-corrected chi connectivity index (χ4v) is 2.64. The van der Waals surface area contributed by atoms with Gasteiger partial charge in [0.15, 0.2) is 0 Å². The molecule has 1 aliphatic rings. The zero-order valence-corrected chi connectivity index (χ0v) is 13.5. The Bertz CT molecular complexity index is 684. The lowest BCUT2D eigenvalue weighted by Crippen LogP contribution is -2.36. The largest absolute Gasteiger partial charge is 0.497 e. The Balaban J connectivity index is 0.00000176. The predicted molar refractivity (Wildman–Crippen MR) is 89.0 cm³/mol. The van der Waals surface area contributed by atoms with E-state index < -0.39 is 0 Å². The monoisotopic (exact) mass is 321 g/mol. The number of hydrogen-bond donors (Lipinski definition) is 2. The van der Waals surface area contributed by atoms with E-state index >= 15 is 0 Å². The second kappa shape index (κ2) is 6.94. The molecule has 1 unspecified atom stereocenters. The van der Waals surface area contributed by atoms with Gasteiger partial charge in [-0.2, -0.15) is 0 Å². The fourth-order valence-electron chi connectivity index (χ4n) is 2.64. The molecule has 1 saturated heterocycles. The quantitative estimate of drug-likeness (QED) is 0.908. The number of fused-ring (bicyclic) bond motifs is 1.